The second-order valence-electron chi connectivity index (χ2n) is 5.31. The third kappa shape index (κ3) is 2.70. The zero-order chi connectivity index (χ0) is 15.0. The van der Waals surface area contributed by atoms with Crippen LogP contribution in [0.1, 0.15) is 16.7 Å². The summed E-state index contributed by atoms with van der Waals surface area (Å²) < 4.78 is 52.1. The summed E-state index contributed by atoms with van der Waals surface area (Å²) >= 11 is 0. The lowest BCUT2D eigenvalue weighted by Gasteiger charge is -2.12. The molecule has 0 radical (unpaired) electrons. The van der Waals surface area contributed by atoms with Crippen LogP contribution in [-0.2, 0) is 28.4 Å². The number of fused-ring (bicyclic) bond motifs is 1. The van der Waals surface area contributed by atoms with Gasteiger partial charge in [-0.2, -0.15) is 0 Å². The van der Waals surface area contributed by atoms with Gasteiger partial charge in [0.15, 0.2) is 9.84 Å². The lowest BCUT2D eigenvalue weighted by atomic mass is 10.1. The summed E-state index contributed by atoms with van der Waals surface area (Å²) in [6.07, 6.45) is 0.823. The number of hydrogen-bond donors (Lipinski definition) is 0. The van der Waals surface area contributed by atoms with Gasteiger partial charge in [-0.05, 0) is 36.1 Å². The van der Waals surface area contributed by atoms with Crippen LogP contribution >= 0.6 is 0 Å². The molecule has 0 aliphatic heterocycles. The van der Waals surface area contributed by atoms with E-state index >= 15 is 0 Å². The minimum absolute atomic E-state index is 0.367. The minimum Gasteiger partial charge on any atom is -0.228 e. The molecule has 0 saturated carbocycles. The minimum atomic E-state index is -3.61. The van der Waals surface area contributed by atoms with Gasteiger partial charge in [-0.1, -0.05) is 30.3 Å². The summed E-state index contributed by atoms with van der Waals surface area (Å²) in [4.78, 5) is 0. The molecule has 0 fully saturated rings. The van der Waals surface area contributed by atoms with Gasteiger partial charge in [-0.3, -0.25) is 0 Å². The van der Waals surface area contributed by atoms with Crippen molar-refractivity contribution in [1.29, 1.82) is 0 Å². The Bertz CT molecular complexity index is 739. The summed E-state index contributed by atoms with van der Waals surface area (Å²) in [5.41, 5.74) is 1.63. The highest BCUT2D eigenvalue weighted by molar-refractivity contribution is 7.91. The Hall–Kier alpha value is -1.75. The normalized spacial score (nSPS) is 15.1. The molecule has 0 aromatic heterocycles. The van der Waals surface area contributed by atoms with E-state index in [1.54, 1.807) is 0 Å². The first kappa shape index (κ1) is 14.2. The topological polar surface area (TPSA) is 34.1 Å². The van der Waals surface area contributed by atoms with Crippen LogP contribution in [0.2, 0.25) is 0 Å². The monoisotopic (exact) mass is 308 g/mol. The van der Waals surface area contributed by atoms with Gasteiger partial charge in [-0.25, -0.2) is 17.2 Å². The Kier molecular flexibility index (Phi) is 3.53. The number of hydrogen-bond acceptors (Lipinski definition) is 2. The van der Waals surface area contributed by atoms with Gasteiger partial charge in [0.1, 0.15) is 11.6 Å². The Morgan fingerprint density at radius 2 is 1.43 bits per heavy atom. The SMILES string of the molecule is O=S(=O)(Cc1c(F)cccc1F)C1Cc2ccccc2C1. The van der Waals surface area contributed by atoms with E-state index < -0.39 is 32.5 Å². The number of benzene rings is 2. The lowest BCUT2D eigenvalue weighted by molar-refractivity contribution is 0.551. The summed E-state index contributed by atoms with van der Waals surface area (Å²) in [5, 5.41) is -0.603. The first-order valence-corrected chi connectivity index (χ1v) is 8.40. The van der Waals surface area contributed by atoms with Crippen LogP contribution in [0.15, 0.2) is 42.5 Å². The lowest BCUT2D eigenvalue weighted by Crippen LogP contribution is -2.24. The van der Waals surface area contributed by atoms with Crippen molar-refractivity contribution in [3.63, 3.8) is 0 Å². The van der Waals surface area contributed by atoms with Gasteiger partial charge in [0, 0.05) is 5.56 Å². The van der Waals surface area contributed by atoms with Crippen LogP contribution in [0.4, 0.5) is 8.78 Å². The largest absolute Gasteiger partial charge is 0.228 e. The van der Waals surface area contributed by atoms with E-state index in [2.05, 4.69) is 0 Å². The van der Waals surface area contributed by atoms with E-state index in [9.17, 15) is 17.2 Å². The molecule has 0 atom stereocenters. The summed E-state index contributed by atoms with van der Waals surface area (Å²) in [6, 6.07) is 10.9. The van der Waals surface area contributed by atoms with Gasteiger partial charge in [0.05, 0.1) is 11.0 Å². The highest BCUT2D eigenvalue weighted by Crippen LogP contribution is 2.29. The van der Waals surface area contributed by atoms with E-state index in [-0.39, 0.29) is 5.56 Å². The molecule has 21 heavy (non-hydrogen) atoms. The highest BCUT2D eigenvalue weighted by Gasteiger charge is 2.33. The maximum Gasteiger partial charge on any atom is 0.158 e. The van der Waals surface area contributed by atoms with Crippen LogP contribution in [0.25, 0.3) is 0 Å². The first-order valence-electron chi connectivity index (χ1n) is 6.68. The Balaban J connectivity index is 1.87. The van der Waals surface area contributed by atoms with Crippen molar-refractivity contribution < 1.29 is 17.2 Å². The fourth-order valence-electron chi connectivity index (χ4n) is 2.76. The van der Waals surface area contributed by atoms with Crippen molar-refractivity contribution in [2.75, 3.05) is 0 Å². The van der Waals surface area contributed by atoms with Crippen LogP contribution in [-0.4, -0.2) is 13.7 Å². The molecular weight excluding hydrogens is 294 g/mol. The van der Waals surface area contributed by atoms with E-state index in [1.165, 1.54) is 6.07 Å². The van der Waals surface area contributed by atoms with Crippen molar-refractivity contribution in [2.24, 2.45) is 0 Å². The molecular formula is C16H14F2O2S. The van der Waals surface area contributed by atoms with Gasteiger partial charge in [-0.15, -0.1) is 0 Å². The van der Waals surface area contributed by atoms with Crippen molar-refractivity contribution in [2.45, 2.75) is 23.8 Å². The van der Waals surface area contributed by atoms with Crippen LogP contribution in [0.3, 0.4) is 0 Å². The summed E-state index contributed by atoms with van der Waals surface area (Å²) in [6.45, 7) is 0. The van der Waals surface area contributed by atoms with E-state index in [0.29, 0.717) is 12.8 Å². The quantitative estimate of drug-likeness (QED) is 0.873. The van der Waals surface area contributed by atoms with Gasteiger partial charge in [0.2, 0.25) is 0 Å². The molecule has 0 spiro atoms. The molecule has 2 aromatic carbocycles. The first-order chi connectivity index (χ1) is 9.97. The van der Waals surface area contributed by atoms with Crippen molar-refractivity contribution in [3.05, 3.63) is 70.8 Å². The third-order valence-corrected chi connectivity index (χ3v) is 5.97. The fraction of sp³-hybridized carbons (Fsp3) is 0.250. The smallest absolute Gasteiger partial charge is 0.158 e. The molecule has 5 heteroatoms. The zero-order valence-electron chi connectivity index (χ0n) is 11.2. The van der Waals surface area contributed by atoms with Crippen molar-refractivity contribution in [1.82, 2.24) is 0 Å². The Morgan fingerprint density at radius 3 is 1.95 bits per heavy atom. The molecule has 1 aliphatic carbocycles. The molecule has 0 bridgehead atoms. The second kappa shape index (κ2) is 5.22. The van der Waals surface area contributed by atoms with Crippen LogP contribution in [0, 0.1) is 11.6 Å². The number of rotatable bonds is 3. The zero-order valence-corrected chi connectivity index (χ0v) is 12.0. The van der Waals surface area contributed by atoms with Gasteiger partial charge in [0.25, 0.3) is 0 Å². The molecule has 0 amide bonds. The number of halogens is 2. The standard InChI is InChI=1S/C16H14F2O2S/c17-15-6-3-7-16(18)14(15)10-21(19,20)13-8-11-4-1-2-5-12(11)9-13/h1-7,13H,8-10H2. The predicted octanol–water partition coefficient (Wildman–Crippen LogP) is 3.05. The molecule has 1 aliphatic rings. The summed E-state index contributed by atoms with van der Waals surface area (Å²) in [5.74, 6) is -2.22. The molecule has 0 saturated heterocycles. The number of sulfone groups is 1. The van der Waals surface area contributed by atoms with Crippen LogP contribution in [0.5, 0.6) is 0 Å². The average molecular weight is 308 g/mol. The predicted molar refractivity (Wildman–Crippen MR) is 76.6 cm³/mol. The fourth-order valence-corrected chi connectivity index (χ4v) is 4.54. The van der Waals surface area contributed by atoms with E-state index in [4.69, 9.17) is 0 Å². The average Bonchev–Trinajstić information content (AvgIpc) is 2.88. The van der Waals surface area contributed by atoms with E-state index in [0.717, 1.165) is 23.3 Å². The van der Waals surface area contributed by atoms with Crippen molar-refractivity contribution in [3.8, 4) is 0 Å². The molecule has 110 valence electrons. The third-order valence-electron chi connectivity index (χ3n) is 3.93. The molecule has 2 aromatic rings. The molecule has 0 unspecified atom stereocenters. The Labute approximate surface area is 122 Å². The maximum atomic E-state index is 13.6. The molecule has 2 nitrogen and oxygen atoms in total. The highest BCUT2D eigenvalue weighted by atomic mass is 32.2. The van der Waals surface area contributed by atoms with E-state index in [1.807, 2.05) is 24.3 Å². The van der Waals surface area contributed by atoms with Crippen molar-refractivity contribution >= 4 is 9.84 Å². The molecule has 3 rings (SSSR count). The Morgan fingerprint density at radius 1 is 0.905 bits per heavy atom. The van der Waals surface area contributed by atoms with Gasteiger partial charge < -0.3 is 0 Å². The second-order valence-corrected chi connectivity index (χ2v) is 7.59. The van der Waals surface area contributed by atoms with Gasteiger partial charge >= 0.3 is 0 Å². The van der Waals surface area contributed by atoms with Crippen LogP contribution < -0.4 is 0 Å². The molecule has 0 heterocycles. The molecule has 0 N–H and O–H groups in total. The maximum absolute atomic E-state index is 13.6. The summed E-state index contributed by atoms with van der Waals surface area (Å²) in [7, 11) is -3.61.